The minimum absolute atomic E-state index is 0.0460. The molecule has 8 heteroatoms. The van der Waals surface area contributed by atoms with E-state index in [-0.39, 0.29) is 42.7 Å². The summed E-state index contributed by atoms with van der Waals surface area (Å²) in [6.07, 6.45) is -0.0404. The summed E-state index contributed by atoms with van der Waals surface area (Å²) < 4.78 is 5.36. The lowest BCUT2D eigenvalue weighted by Crippen LogP contribution is -2.53. The van der Waals surface area contributed by atoms with Gasteiger partial charge in [0.15, 0.2) is 0 Å². The molecule has 0 saturated carbocycles. The molecule has 4 unspecified atom stereocenters. The predicted molar refractivity (Wildman–Crippen MR) is 99.8 cm³/mol. The van der Waals surface area contributed by atoms with Gasteiger partial charge in [0, 0.05) is 14.2 Å². The Bertz CT molecular complexity index is 470. The van der Waals surface area contributed by atoms with Gasteiger partial charge in [0.1, 0.15) is 0 Å². The summed E-state index contributed by atoms with van der Waals surface area (Å²) in [6, 6.07) is -0.770. The van der Waals surface area contributed by atoms with Crippen molar-refractivity contribution in [2.24, 2.45) is 11.8 Å². The van der Waals surface area contributed by atoms with E-state index in [0.29, 0.717) is 0 Å². The number of likely N-dealkylation sites (N-methyl/N-ethyl adjacent to an activating group) is 2. The van der Waals surface area contributed by atoms with Crippen LogP contribution in [0.1, 0.15) is 40.5 Å². The number of hydrogen-bond acceptors (Lipinski definition) is 5. The van der Waals surface area contributed by atoms with Crippen molar-refractivity contribution in [3.05, 3.63) is 0 Å². The lowest BCUT2D eigenvalue weighted by molar-refractivity contribution is -0.145. The van der Waals surface area contributed by atoms with Crippen LogP contribution in [0.15, 0.2) is 0 Å². The number of carboxylic acids is 1. The first-order valence-corrected chi connectivity index (χ1v) is 9.05. The minimum Gasteiger partial charge on any atom is -0.481 e. The zero-order valence-corrected chi connectivity index (χ0v) is 17.0. The second-order valence-corrected chi connectivity index (χ2v) is 6.98. The third-order valence-corrected chi connectivity index (χ3v) is 4.80. The summed E-state index contributed by atoms with van der Waals surface area (Å²) in [6.45, 7) is 7.63. The van der Waals surface area contributed by atoms with Gasteiger partial charge >= 0.3 is 5.97 Å². The molecule has 3 N–H and O–H groups in total. The lowest BCUT2D eigenvalue weighted by Gasteiger charge is -2.37. The van der Waals surface area contributed by atoms with Gasteiger partial charge in [0.2, 0.25) is 11.8 Å². The first-order valence-electron chi connectivity index (χ1n) is 9.05. The zero-order chi connectivity index (χ0) is 20.4. The van der Waals surface area contributed by atoms with Crippen LogP contribution in [-0.2, 0) is 19.1 Å². The molecular weight excluding hydrogens is 338 g/mol. The SMILES string of the molecule is CCC(C)C(C(CC(=O)O)OC)N(C)C(=O)CNC(=O)C(NC)C(C)C. The van der Waals surface area contributed by atoms with E-state index in [1.165, 1.54) is 12.0 Å². The number of aliphatic carboxylic acids is 1. The Hall–Kier alpha value is -1.67. The molecule has 0 aliphatic heterocycles. The highest BCUT2D eigenvalue weighted by molar-refractivity contribution is 5.87. The van der Waals surface area contributed by atoms with Gasteiger partial charge in [0.05, 0.1) is 31.2 Å². The number of ether oxygens (including phenoxy) is 1. The summed E-state index contributed by atoms with van der Waals surface area (Å²) in [4.78, 5) is 37.4. The fourth-order valence-corrected chi connectivity index (χ4v) is 3.09. The summed E-state index contributed by atoms with van der Waals surface area (Å²) >= 11 is 0. The molecule has 2 amide bonds. The number of amides is 2. The predicted octanol–water partition coefficient (Wildman–Crippen LogP) is 0.709. The van der Waals surface area contributed by atoms with Crippen molar-refractivity contribution in [1.29, 1.82) is 0 Å². The first-order chi connectivity index (χ1) is 12.1. The highest BCUT2D eigenvalue weighted by Gasteiger charge is 2.34. The van der Waals surface area contributed by atoms with Crippen LogP contribution in [0.5, 0.6) is 0 Å². The number of hydrogen-bond donors (Lipinski definition) is 3. The third-order valence-electron chi connectivity index (χ3n) is 4.80. The maximum absolute atomic E-state index is 12.6. The van der Waals surface area contributed by atoms with Crippen molar-refractivity contribution < 1.29 is 24.2 Å². The maximum atomic E-state index is 12.6. The Labute approximate surface area is 156 Å². The third kappa shape index (κ3) is 7.29. The second kappa shape index (κ2) is 11.9. The second-order valence-electron chi connectivity index (χ2n) is 6.98. The van der Waals surface area contributed by atoms with Gasteiger partial charge in [-0.25, -0.2) is 0 Å². The molecule has 152 valence electrons. The highest BCUT2D eigenvalue weighted by Crippen LogP contribution is 2.21. The summed E-state index contributed by atoms with van der Waals surface area (Å²) in [5, 5.41) is 14.7. The van der Waals surface area contributed by atoms with E-state index in [1.807, 2.05) is 27.7 Å². The van der Waals surface area contributed by atoms with Gasteiger partial charge in [0.25, 0.3) is 0 Å². The average molecular weight is 373 g/mol. The molecule has 0 bridgehead atoms. The summed E-state index contributed by atoms with van der Waals surface area (Å²) in [5.74, 6) is -1.36. The quantitative estimate of drug-likeness (QED) is 0.465. The van der Waals surface area contributed by atoms with E-state index in [9.17, 15) is 14.4 Å². The number of nitrogens with one attached hydrogen (secondary N) is 2. The number of rotatable bonds is 12. The van der Waals surface area contributed by atoms with E-state index in [2.05, 4.69) is 10.6 Å². The van der Waals surface area contributed by atoms with Crippen LogP contribution >= 0.6 is 0 Å². The van der Waals surface area contributed by atoms with Crippen molar-refractivity contribution in [2.75, 3.05) is 27.7 Å². The van der Waals surface area contributed by atoms with E-state index >= 15 is 0 Å². The van der Waals surface area contributed by atoms with Gasteiger partial charge in [-0.05, 0) is 18.9 Å². The van der Waals surface area contributed by atoms with Crippen molar-refractivity contribution in [3.8, 4) is 0 Å². The monoisotopic (exact) mass is 373 g/mol. The van der Waals surface area contributed by atoms with Crippen LogP contribution in [0.2, 0.25) is 0 Å². The van der Waals surface area contributed by atoms with E-state index in [1.54, 1.807) is 14.1 Å². The minimum atomic E-state index is -0.979. The number of carboxylic acid groups (broad SMARTS) is 1. The van der Waals surface area contributed by atoms with E-state index < -0.39 is 18.1 Å². The molecule has 4 atom stereocenters. The highest BCUT2D eigenvalue weighted by atomic mass is 16.5. The standard InChI is InChI=1S/C18H35N3O5/c1-8-12(4)17(13(26-7)9-15(23)24)21(6)14(22)10-20-18(25)16(19-5)11(2)3/h11-13,16-17,19H,8-10H2,1-7H3,(H,20,25)(H,23,24). The Morgan fingerprint density at radius 3 is 2.15 bits per heavy atom. The fraction of sp³-hybridized carbons (Fsp3) is 0.833. The lowest BCUT2D eigenvalue weighted by atomic mass is 9.91. The van der Waals surface area contributed by atoms with Crippen LogP contribution in [-0.4, -0.2) is 73.7 Å². The maximum Gasteiger partial charge on any atom is 0.306 e. The van der Waals surface area contributed by atoms with Crippen molar-refractivity contribution in [2.45, 2.75) is 58.7 Å². The summed E-state index contributed by atoms with van der Waals surface area (Å²) in [5.41, 5.74) is 0. The van der Waals surface area contributed by atoms with Crippen LogP contribution in [0.3, 0.4) is 0 Å². The number of nitrogens with zero attached hydrogens (tertiary/aromatic N) is 1. The van der Waals surface area contributed by atoms with E-state index in [0.717, 1.165) is 6.42 Å². The molecule has 0 aliphatic rings. The van der Waals surface area contributed by atoms with Gasteiger partial charge in [-0.15, -0.1) is 0 Å². The fourth-order valence-electron chi connectivity index (χ4n) is 3.09. The molecule has 0 aromatic rings. The molecular formula is C18H35N3O5. The largest absolute Gasteiger partial charge is 0.481 e. The molecule has 0 aliphatic carbocycles. The smallest absolute Gasteiger partial charge is 0.306 e. The number of carbonyl (C=O) groups excluding carboxylic acids is 2. The van der Waals surface area contributed by atoms with Crippen LogP contribution in [0.4, 0.5) is 0 Å². The average Bonchev–Trinajstić information content (AvgIpc) is 2.58. The Kier molecular flexibility index (Phi) is 11.1. The molecule has 0 saturated heterocycles. The van der Waals surface area contributed by atoms with Crippen LogP contribution in [0.25, 0.3) is 0 Å². The van der Waals surface area contributed by atoms with Gasteiger partial charge < -0.3 is 25.4 Å². The van der Waals surface area contributed by atoms with E-state index in [4.69, 9.17) is 9.84 Å². The summed E-state index contributed by atoms with van der Waals surface area (Å²) in [7, 11) is 4.77. The molecule has 0 fully saturated rings. The molecule has 0 radical (unpaired) electrons. The van der Waals surface area contributed by atoms with Gasteiger partial charge in [-0.3, -0.25) is 14.4 Å². The molecule has 8 nitrogen and oxygen atoms in total. The Morgan fingerprint density at radius 1 is 1.19 bits per heavy atom. The molecule has 0 heterocycles. The zero-order valence-electron chi connectivity index (χ0n) is 17.0. The van der Waals surface area contributed by atoms with Gasteiger partial charge in [-0.1, -0.05) is 34.1 Å². The first kappa shape index (κ1) is 24.3. The topological polar surface area (TPSA) is 108 Å². The molecule has 0 rings (SSSR count). The Morgan fingerprint density at radius 2 is 1.77 bits per heavy atom. The van der Waals surface area contributed by atoms with Crippen LogP contribution < -0.4 is 10.6 Å². The van der Waals surface area contributed by atoms with Crippen molar-refractivity contribution in [1.82, 2.24) is 15.5 Å². The molecule has 0 aromatic heterocycles. The van der Waals surface area contributed by atoms with Gasteiger partial charge in [-0.2, -0.15) is 0 Å². The number of methoxy groups -OCH3 is 1. The molecule has 26 heavy (non-hydrogen) atoms. The van der Waals surface area contributed by atoms with Crippen LogP contribution in [0, 0.1) is 11.8 Å². The molecule has 0 spiro atoms. The normalized spacial score (nSPS) is 15.8. The molecule has 0 aromatic carbocycles. The van der Waals surface area contributed by atoms with Crippen molar-refractivity contribution in [3.63, 3.8) is 0 Å². The van der Waals surface area contributed by atoms with Crippen molar-refractivity contribution >= 4 is 17.8 Å². The Balaban J connectivity index is 5.09. The number of carbonyl (C=O) groups is 3.